The molecule has 0 spiro atoms. The van der Waals surface area contributed by atoms with E-state index in [1.54, 1.807) is 6.07 Å². The summed E-state index contributed by atoms with van der Waals surface area (Å²) in [7, 11) is 0.212. The largest absolute Gasteiger partial charge is 0.308 e. The topological polar surface area (TPSA) is 92.6 Å². The van der Waals surface area contributed by atoms with E-state index in [9.17, 15) is 18.5 Å². The molecule has 8 heteroatoms. The normalized spacial score (nSPS) is 11.7. The van der Waals surface area contributed by atoms with Gasteiger partial charge in [-0.3, -0.25) is 10.1 Å². The molecule has 0 aliphatic carbocycles. The molecule has 1 rings (SSSR count). The average Bonchev–Trinajstić information content (AvgIpc) is 2.27. The third-order valence-electron chi connectivity index (χ3n) is 2.36. The van der Waals surface area contributed by atoms with Gasteiger partial charge < -0.3 is 4.90 Å². The first-order valence-corrected chi connectivity index (χ1v) is 7.31. The minimum atomic E-state index is -3.47. The quantitative estimate of drug-likeness (QED) is 0.585. The summed E-state index contributed by atoms with van der Waals surface area (Å²) in [5, 5.41) is 10.6. The van der Waals surface area contributed by atoms with Gasteiger partial charge in [0.05, 0.1) is 10.7 Å². The first-order chi connectivity index (χ1) is 8.80. The first-order valence-electron chi connectivity index (χ1n) is 5.65. The second-order valence-corrected chi connectivity index (χ2v) is 6.19. The molecule has 0 amide bonds. The van der Waals surface area contributed by atoms with Crippen molar-refractivity contribution in [1.82, 2.24) is 9.62 Å². The van der Waals surface area contributed by atoms with Crippen molar-refractivity contribution >= 4 is 15.7 Å². The van der Waals surface area contributed by atoms with Gasteiger partial charge in [-0.05, 0) is 19.7 Å². The molecule has 1 aromatic rings. The van der Waals surface area contributed by atoms with Crippen LogP contribution in [0.4, 0.5) is 5.69 Å². The number of hydrogen-bond acceptors (Lipinski definition) is 5. The highest BCUT2D eigenvalue weighted by Gasteiger charge is 2.13. The number of sulfonamides is 1. The smallest absolute Gasteiger partial charge is 0.269 e. The monoisotopic (exact) mass is 287 g/mol. The molecule has 0 radical (unpaired) electrons. The number of hydrogen-bond donors (Lipinski definition) is 1. The van der Waals surface area contributed by atoms with Gasteiger partial charge in [0, 0.05) is 25.2 Å². The van der Waals surface area contributed by atoms with Gasteiger partial charge in [0.1, 0.15) is 0 Å². The Kier molecular flexibility index (Phi) is 5.40. The van der Waals surface area contributed by atoms with Gasteiger partial charge in [0.25, 0.3) is 5.69 Å². The Morgan fingerprint density at radius 2 is 2.05 bits per heavy atom. The molecule has 0 saturated heterocycles. The molecule has 1 aromatic carbocycles. The number of nitrogens with zero attached hydrogens (tertiary/aromatic N) is 2. The van der Waals surface area contributed by atoms with E-state index in [2.05, 4.69) is 4.72 Å². The van der Waals surface area contributed by atoms with Crippen LogP contribution in [-0.4, -0.2) is 45.4 Å². The number of nitro benzene ring substituents is 1. The van der Waals surface area contributed by atoms with Crippen molar-refractivity contribution in [2.75, 3.05) is 27.2 Å². The predicted octanol–water partition coefficient (Wildman–Crippen LogP) is 0.576. The molecule has 0 atom stereocenters. The summed E-state index contributed by atoms with van der Waals surface area (Å²) < 4.78 is 26.0. The van der Waals surface area contributed by atoms with Crippen LogP contribution in [0, 0.1) is 10.1 Å². The molecule has 0 aliphatic rings. The molecule has 0 fully saturated rings. The molecular formula is C11H17N3O4S. The van der Waals surface area contributed by atoms with Crippen LogP contribution < -0.4 is 4.72 Å². The van der Waals surface area contributed by atoms with Gasteiger partial charge in [0.2, 0.25) is 10.0 Å². The van der Waals surface area contributed by atoms with Gasteiger partial charge in [-0.2, -0.15) is 0 Å². The predicted molar refractivity (Wildman–Crippen MR) is 72.3 cm³/mol. The number of nitro groups is 1. The lowest BCUT2D eigenvalue weighted by Crippen LogP contribution is -2.32. The van der Waals surface area contributed by atoms with Crippen molar-refractivity contribution in [1.29, 1.82) is 0 Å². The van der Waals surface area contributed by atoms with Gasteiger partial charge in [0.15, 0.2) is 0 Å². The average molecular weight is 287 g/mol. The van der Waals surface area contributed by atoms with Crippen LogP contribution in [0.2, 0.25) is 0 Å². The Labute approximate surface area is 112 Å². The van der Waals surface area contributed by atoms with Crippen molar-refractivity contribution in [3.05, 3.63) is 39.9 Å². The molecular weight excluding hydrogens is 270 g/mol. The van der Waals surface area contributed by atoms with Crippen LogP contribution in [0.15, 0.2) is 24.3 Å². The third kappa shape index (κ3) is 5.77. The maximum absolute atomic E-state index is 11.8. The van der Waals surface area contributed by atoms with Gasteiger partial charge in [-0.1, -0.05) is 12.1 Å². The summed E-state index contributed by atoms with van der Waals surface area (Å²) in [6.07, 6.45) is 0. The lowest BCUT2D eigenvalue weighted by Gasteiger charge is -2.10. The zero-order chi connectivity index (χ0) is 14.5. The van der Waals surface area contributed by atoms with Crippen LogP contribution in [-0.2, 0) is 15.8 Å². The summed E-state index contributed by atoms with van der Waals surface area (Å²) in [4.78, 5) is 11.9. The van der Waals surface area contributed by atoms with E-state index in [1.165, 1.54) is 18.2 Å². The molecule has 0 saturated carbocycles. The van der Waals surface area contributed by atoms with Gasteiger partial charge >= 0.3 is 0 Å². The molecule has 0 bridgehead atoms. The highest BCUT2D eigenvalue weighted by atomic mass is 32.2. The Hall–Kier alpha value is -1.51. The van der Waals surface area contributed by atoms with Crippen LogP contribution in [0.25, 0.3) is 0 Å². The fourth-order valence-corrected chi connectivity index (χ4v) is 2.58. The zero-order valence-corrected chi connectivity index (χ0v) is 11.7. The minimum Gasteiger partial charge on any atom is -0.308 e. The van der Waals surface area contributed by atoms with Crippen LogP contribution >= 0.6 is 0 Å². The maximum Gasteiger partial charge on any atom is 0.269 e. The summed E-state index contributed by atoms with van der Waals surface area (Å²) in [5.74, 6) is -0.262. The summed E-state index contributed by atoms with van der Waals surface area (Å²) in [6.45, 7) is 0.901. The van der Waals surface area contributed by atoms with Crippen molar-refractivity contribution in [2.24, 2.45) is 0 Å². The highest BCUT2D eigenvalue weighted by Crippen LogP contribution is 2.14. The summed E-state index contributed by atoms with van der Waals surface area (Å²) in [5.41, 5.74) is 0.285. The van der Waals surface area contributed by atoms with Crippen LogP contribution in [0.3, 0.4) is 0 Å². The molecule has 7 nitrogen and oxygen atoms in total. The summed E-state index contributed by atoms with van der Waals surface area (Å²) >= 11 is 0. The molecule has 0 aromatic heterocycles. The number of non-ortho nitro benzene ring substituents is 1. The first kappa shape index (κ1) is 15.5. The fraction of sp³-hybridized carbons (Fsp3) is 0.455. The van der Waals surface area contributed by atoms with E-state index in [0.29, 0.717) is 18.7 Å². The van der Waals surface area contributed by atoms with E-state index < -0.39 is 14.9 Å². The molecule has 0 aliphatic heterocycles. The van der Waals surface area contributed by atoms with E-state index in [0.717, 1.165) is 0 Å². The van der Waals surface area contributed by atoms with E-state index in [-0.39, 0.29) is 11.4 Å². The van der Waals surface area contributed by atoms with Crippen LogP contribution in [0.1, 0.15) is 5.56 Å². The van der Waals surface area contributed by atoms with E-state index in [1.807, 2.05) is 19.0 Å². The van der Waals surface area contributed by atoms with Gasteiger partial charge in [-0.25, -0.2) is 13.1 Å². The second-order valence-electron chi connectivity index (χ2n) is 4.38. The highest BCUT2D eigenvalue weighted by molar-refractivity contribution is 7.88. The Morgan fingerprint density at radius 1 is 1.37 bits per heavy atom. The number of likely N-dealkylation sites (N-methyl/N-ethyl adjacent to an activating group) is 1. The molecule has 106 valence electrons. The van der Waals surface area contributed by atoms with Crippen molar-refractivity contribution in [3.8, 4) is 0 Å². The maximum atomic E-state index is 11.8. The minimum absolute atomic E-state index is 0.110. The fourth-order valence-electron chi connectivity index (χ4n) is 1.46. The number of benzene rings is 1. The molecule has 0 heterocycles. The standard InChI is InChI=1S/C11H17N3O4S/c1-13(2)7-6-12-19(17,18)9-10-4-3-5-11(8-10)14(15)16/h3-5,8,12H,6-7,9H2,1-2H3. The number of rotatable bonds is 7. The van der Waals surface area contributed by atoms with E-state index in [4.69, 9.17) is 0 Å². The van der Waals surface area contributed by atoms with Crippen molar-refractivity contribution in [3.63, 3.8) is 0 Å². The summed E-state index contributed by atoms with van der Waals surface area (Å²) in [6, 6.07) is 5.63. The lowest BCUT2D eigenvalue weighted by atomic mass is 10.2. The second kappa shape index (κ2) is 6.60. The van der Waals surface area contributed by atoms with Gasteiger partial charge in [-0.15, -0.1) is 0 Å². The Bertz CT molecular complexity index is 543. The Balaban J connectivity index is 2.67. The number of nitrogens with one attached hydrogen (secondary N) is 1. The van der Waals surface area contributed by atoms with Crippen molar-refractivity contribution < 1.29 is 13.3 Å². The zero-order valence-electron chi connectivity index (χ0n) is 10.9. The van der Waals surface area contributed by atoms with Crippen LogP contribution in [0.5, 0.6) is 0 Å². The molecule has 0 unspecified atom stereocenters. The third-order valence-corrected chi connectivity index (χ3v) is 3.72. The molecule has 19 heavy (non-hydrogen) atoms. The van der Waals surface area contributed by atoms with E-state index >= 15 is 0 Å². The SMILES string of the molecule is CN(C)CCNS(=O)(=O)Cc1cccc([N+](=O)[O-])c1. The lowest BCUT2D eigenvalue weighted by molar-refractivity contribution is -0.384. The molecule has 1 N–H and O–H groups in total. The Morgan fingerprint density at radius 3 is 2.63 bits per heavy atom. The van der Waals surface area contributed by atoms with Crippen molar-refractivity contribution in [2.45, 2.75) is 5.75 Å².